The molecule has 3 unspecified atom stereocenters. The number of amides is 2. The molecule has 5 rings (SSSR count). The lowest BCUT2D eigenvalue weighted by atomic mass is 9.77. The molecular formula is C27H30N2O7. The van der Waals surface area contributed by atoms with Crippen molar-refractivity contribution in [1.29, 1.82) is 0 Å². The minimum absolute atomic E-state index is 0.0778. The molecule has 2 aromatic rings. The van der Waals surface area contributed by atoms with E-state index in [0.29, 0.717) is 17.2 Å². The number of hydrogen-bond acceptors (Lipinski definition) is 7. The van der Waals surface area contributed by atoms with Gasteiger partial charge in [0.25, 0.3) is 0 Å². The van der Waals surface area contributed by atoms with Crippen molar-refractivity contribution in [3.05, 3.63) is 53.6 Å². The van der Waals surface area contributed by atoms with E-state index in [1.165, 1.54) is 4.90 Å². The highest BCUT2D eigenvalue weighted by Gasteiger charge is 2.69. The van der Waals surface area contributed by atoms with Gasteiger partial charge in [-0.05, 0) is 43.7 Å². The van der Waals surface area contributed by atoms with Crippen molar-refractivity contribution in [2.45, 2.75) is 32.0 Å². The number of benzene rings is 2. The Labute approximate surface area is 209 Å². The van der Waals surface area contributed by atoms with Crippen LogP contribution in [0.1, 0.15) is 31.0 Å². The summed E-state index contributed by atoms with van der Waals surface area (Å²) in [4.78, 5) is 44.3. The van der Waals surface area contributed by atoms with E-state index in [0.717, 1.165) is 11.1 Å². The smallest absolute Gasteiger partial charge is 0.312 e. The molecule has 2 saturated heterocycles. The van der Waals surface area contributed by atoms with Crippen LogP contribution in [0.4, 0.5) is 0 Å². The third-order valence-electron chi connectivity index (χ3n) is 7.58. The Bertz CT molecular complexity index is 1200. The van der Waals surface area contributed by atoms with Gasteiger partial charge in [-0.1, -0.05) is 12.1 Å². The molecule has 3 heterocycles. The van der Waals surface area contributed by atoms with Gasteiger partial charge in [0, 0.05) is 24.1 Å². The summed E-state index contributed by atoms with van der Waals surface area (Å²) in [7, 11) is 3.16. The maximum absolute atomic E-state index is 14.1. The van der Waals surface area contributed by atoms with Crippen molar-refractivity contribution in [2.24, 2.45) is 11.8 Å². The predicted molar refractivity (Wildman–Crippen MR) is 129 cm³/mol. The normalized spacial score (nSPS) is 26.5. The number of ether oxygens (including phenoxy) is 4. The average molecular weight is 495 g/mol. The van der Waals surface area contributed by atoms with Gasteiger partial charge in [-0.3, -0.25) is 14.4 Å². The number of esters is 1. The molecule has 2 aromatic carbocycles. The fourth-order valence-corrected chi connectivity index (χ4v) is 5.98. The molecule has 3 aliphatic heterocycles. The Kier molecular flexibility index (Phi) is 6.02. The highest BCUT2D eigenvalue weighted by Crippen LogP contribution is 2.57. The van der Waals surface area contributed by atoms with E-state index >= 15 is 0 Å². The van der Waals surface area contributed by atoms with Gasteiger partial charge in [0.2, 0.25) is 11.8 Å². The first-order valence-corrected chi connectivity index (χ1v) is 12.0. The minimum Gasteiger partial charge on any atom is -0.497 e. The molecule has 36 heavy (non-hydrogen) atoms. The van der Waals surface area contributed by atoms with E-state index in [1.54, 1.807) is 45.1 Å². The van der Waals surface area contributed by atoms with Gasteiger partial charge in [-0.15, -0.1) is 0 Å². The topological polar surface area (TPSA) is 94.6 Å². The zero-order chi connectivity index (χ0) is 25.6. The van der Waals surface area contributed by atoms with E-state index in [4.69, 9.17) is 18.9 Å². The molecule has 0 aromatic heterocycles. The Morgan fingerprint density at radius 3 is 2.44 bits per heavy atom. The molecule has 9 heteroatoms. The lowest BCUT2D eigenvalue weighted by molar-refractivity contribution is -0.170. The van der Waals surface area contributed by atoms with Gasteiger partial charge in [0.15, 0.2) is 0 Å². The van der Waals surface area contributed by atoms with Crippen LogP contribution in [0.5, 0.6) is 17.2 Å². The van der Waals surface area contributed by atoms with Crippen molar-refractivity contribution in [3.8, 4) is 17.2 Å². The molecular weight excluding hydrogens is 464 g/mol. The lowest BCUT2D eigenvalue weighted by Crippen LogP contribution is -2.67. The van der Waals surface area contributed by atoms with Crippen LogP contribution >= 0.6 is 0 Å². The van der Waals surface area contributed by atoms with Gasteiger partial charge in [0.05, 0.1) is 39.4 Å². The van der Waals surface area contributed by atoms with Crippen LogP contribution in [0.15, 0.2) is 42.5 Å². The summed E-state index contributed by atoms with van der Waals surface area (Å²) in [5.41, 5.74) is 0.210. The molecule has 0 bridgehead atoms. The standard InChI is InChI=1S/C27H30N2O7/c1-5-35-25(31)23-20-15-36-21-12-18(34-4)10-11-19(21)24(20)29-22(30)14-28(26(32)27(23,29)2)13-16-6-8-17(33-3)9-7-16/h6-12,20,23-24H,5,13-15H2,1-4H3/t20?,23?,24?,27-/m1/s1. The van der Waals surface area contributed by atoms with Crippen LogP contribution in [0.25, 0.3) is 0 Å². The molecule has 0 saturated carbocycles. The number of nitrogens with zero attached hydrogens (tertiary/aromatic N) is 2. The van der Waals surface area contributed by atoms with E-state index in [-0.39, 0.29) is 38.1 Å². The van der Waals surface area contributed by atoms with Crippen LogP contribution < -0.4 is 14.2 Å². The molecule has 3 aliphatic rings. The SMILES string of the molecule is CCOC(=O)C1C2COc3cc(OC)ccc3C2N2C(=O)CN(Cc3ccc(OC)cc3)C(=O)[C@@]12C. The number of carbonyl (C=O) groups excluding carboxylic acids is 3. The molecule has 2 amide bonds. The van der Waals surface area contributed by atoms with Crippen molar-refractivity contribution in [1.82, 2.24) is 9.80 Å². The van der Waals surface area contributed by atoms with Crippen molar-refractivity contribution >= 4 is 17.8 Å². The second kappa shape index (κ2) is 9.04. The highest BCUT2D eigenvalue weighted by molar-refractivity contribution is 6.02. The molecule has 0 N–H and O–H groups in total. The van der Waals surface area contributed by atoms with Crippen LogP contribution in [0, 0.1) is 11.8 Å². The van der Waals surface area contributed by atoms with Crippen molar-refractivity contribution < 1.29 is 33.3 Å². The number of hydrogen-bond donors (Lipinski definition) is 0. The zero-order valence-corrected chi connectivity index (χ0v) is 20.9. The summed E-state index contributed by atoms with van der Waals surface area (Å²) in [6.45, 7) is 3.94. The van der Waals surface area contributed by atoms with Crippen molar-refractivity contribution in [2.75, 3.05) is 34.0 Å². The largest absolute Gasteiger partial charge is 0.497 e. The Morgan fingerprint density at radius 2 is 1.78 bits per heavy atom. The maximum Gasteiger partial charge on any atom is 0.312 e. The van der Waals surface area contributed by atoms with Crippen LogP contribution in [-0.2, 0) is 25.7 Å². The van der Waals surface area contributed by atoms with Gasteiger partial charge < -0.3 is 28.7 Å². The third-order valence-corrected chi connectivity index (χ3v) is 7.58. The van der Waals surface area contributed by atoms with Gasteiger partial charge >= 0.3 is 5.97 Å². The summed E-state index contributed by atoms with van der Waals surface area (Å²) in [5, 5.41) is 0. The monoisotopic (exact) mass is 494 g/mol. The maximum atomic E-state index is 14.1. The quantitative estimate of drug-likeness (QED) is 0.570. The lowest BCUT2D eigenvalue weighted by Gasteiger charge is -2.47. The third kappa shape index (κ3) is 3.56. The van der Waals surface area contributed by atoms with E-state index in [9.17, 15) is 14.4 Å². The van der Waals surface area contributed by atoms with E-state index in [2.05, 4.69) is 0 Å². The summed E-state index contributed by atoms with van der Waals surface area (Å²) < 4.78 is 22.0. The number of carbonyl (C=O) groups is 3. The summed E-state index contributed by atoms with van der Waals surface area (Å²) in [5.74, 6) is -0.362. The summed E-state index contributed by atoms with van der Waals surface area (Å²) in [6.07, 6.45) is 0. The second-order valence-corrected chi connectivity index (χ2v) is 9.47. The van der Waals surface area contributed by atoms with Gasteiger partial charge in [-0.2, -0.15) is 0 Å². The highest BCUT2D eigenvalue weighted by atomic mass is 16.5. The Hall–Kier alpha value is -3.75. The van der Waals surface area contributed by atoms with Gasteiger partial charge in [0.1, 0.15) is 29.3 Å². The molecule has 0 spiro atoms. The molecule has 9 nitrogen and oxygen atoms in total. The number of methoxy groups -OCH3 is 2. The number of rotatable bonds is 6. The molecule has 2 fully saturated rings. The first-order valence-electron chi connectivity index (χ1n) is 12.0. The number of fused-ring (bicyclic) bond motifs is 5. The Balaban J connectivity index is 1.56. The second-order valence-electron chi connectivity index (χ2n) is 9.47. The average Bonchev–Trinajstić information content (AvgIpc) is 3.17. The zero-order valence-electron chi connectivity index (χ0n) is 20.9. The van der Waals surface area contributed by atoms with Crippen LogP contribution in [-0.4, -0.2) is 67.1 Å². The van der Waals surface area contributed by atoms with Crippen LogP contribution in [0.3, 0.4) is 0 Å². The summed E-state index contributed by atoms with van der Waals surface area (Å²) in [6, 6.07) is 12.3. The van der Waals surface area contributed by atoms with E-state index < -0.39 is 29.4 Å². The number of piperazine rings is 1. The fourth-order valence-electron chi connectivity index (χ4n) is 5.98. The predicted octanol–water partition coefficient (Wildman–Crippen LogP) is 2.58. The summed E-state index contributed by atoms with van der Waals surface area (Å²) >= 11 is 0. The van der Waals surface area contributed by atoms with E-state index in [1.807, 2.05) is 30.3 Å². The minimum atomic E-state index is -1.41. The fraction of sp³-hybridized carbons (Fsp3) is 0.444. The van der Waals surface area contributed by atoms with Crippen molar-refractivity contribution in [3.63, 3.8) is 0 Å². The first kappa shape index (κ1) is 24.0. The van der Waals surface area contributed by atoms with Crippen LogP contribution in [0.2, 0.25) is 0 Å². The Morgan fingerprint density at radius 1 is 1.08 bits per heavy atom. The van der Waals surface area contributed by atoms with Gasteiger partial charge in [-0.25, -0.2) is 0 Å². The molecule has 0 radical (unpaired) electrons. The molecule has 4 atom stereocenters. The first-order chi connectivity index (χ1) is 17.3. The molecule has 0 aliphatic carbocycles. The molecule has 190 valence electrons.